The quantitative estimate of drug-likeness (QED) is 0.154. The topological polar surface area (TPSA) is 54.2 Å². The van der Waals surface area contributed by atoms with E-state index in [2.05, 4.69) is 282 Å². The molecule has 0 saturated heterocycles. The fraction of sp³-hybridized carbons (Fsp3) is 0.257. The summed E-state index contributed by atoms with van der Waals surface area (Å²) >= 11 is 0. The van der Waals surface area contributed by atoms with Gasteiger partial charge >= 0.3 is 6.85 Å². The van der Waals surface area contributed by atoms with Gasteiger partial charge in [-0.3, -0.25) is 9.55 Å². The van der Waals surface area contributed by atoms with Crippen molar-refractivity contribution in [3.8, 4) is 56.3 Å². The Hall–Kier alpha value is -7.70. The van der Waals surface area contributed by atoms with Crippen molar-refractivity contribution in [1.82, 2.24) is 14.5 Å². The van der Waals surface area contributed by atoms with Gasteiger partial charge in [0.05, 0.1) is 28.0 Å². The molecule has 5 nitrogen and oxygen atoms in total. The zero-order valence-electron chi connectivity index (χ0n) is 47.1. The number of imidazole rings is 1. The maximum Gasteiger partial charge on any atom is 0.323 e. The van der Waals surface area contributed by atoms with E-state index in [1.54, 1.807) is 0 Å². The highest BCUT2D eigenvalue weighted by Gasteiger charge is 2.37. The predicted octanol–water partition coefficient (Wildman–Crippen LogP) is 15.3. The largest absolute Gasteiger partial charge is 0.507 e. The Morgan fingerprint density at radius 2 is 1.04 bits per heavy atom. The van der Waals surface area contributed by atoms with Crippen molar-refractivity contribution in [2.75, 3.05) is 4.81 Å². The SMILES string of the molecule is Cc1cccc(C)c1B1C=c2c(nc(-c3cc(C(C)(C)C)cc(C(C)(C)C)c3O)n2-c2ccc(C(C)(C)C)cc2-c2ccccc2)=C(c2cc(-c3cc(-c4ccccc4)ccn3)cc(C(C)(C)C)c2)N1c1ccccc1. The van der Waals surface area contributed by atoms with Crippen molar-refractivity contribution < 1.29 is 5.11 Å². The van der Waals surface area contributed by atoms with Gasteiger partial charge in [-0.05, 0) is 135 Å². The minimum Gasteiger partial charge on any atom is -0.507 e. The van der Waals surface area contributed by atoms with Crippen LogP contribution in [-0.2, 0) is 21.7 Å². The number of rotatable bonds is 8. The molecular weight excluding hydrogens is 924 g/mol. The molecule has 0 unspecified atom stereocenters. The van der Waals surface area contributed by atoms with Crippen molar-refractivity contribution in [3.63, 3.8) is 0 Å². The van der Waals surface area contributed by atoms with Crippen LogP contribution in [-0.4, -0.2) is 26.5 Å². The summed E-state index contributed by atoms with van der Waals surface area (Å²) in [7, 11) is 0. The summed E-state index contributed by atoms with van der Waals surface area (Å²) in [5.74, 6) is 3.36. The third kappa shape index (κ3) is 9.87. The number of pyridine rings is 1. The molecule has 0 fully saturated rings. The molecular formula is C70H73BN4O. The van der Waals surface area contributed by atoms with Gasteiger partial charge in [-0.1, -0.05) is 209 Å². The van der Waals surface area contributed by atoms with Crippen LogP contribution in [0.5, 0.6) is 5.75 Å². The van der Waals surface area contributed by atoms with Crippen LogP contribution in [0.3, 0.4) is 0 Å². The molecule has 2 aromatic heterocycles. The molecule has 0 aliphatic carbocycles. The van der Waals surface area contributed by atoms with Crippen molar-refractivity contribution in [2.24, 2.45) is 0 Å². The van der Waals surface area contributed by atoms with E-state index in [0.717, 1.165) is 78.0 Å². The second-order valence-corrected chi connectivity index (χ2v) is 25.1. The Kier molecular flexibility index (Phi) is 13.3. The van der Waals surface area contributed by atoms with Crippen molar-refractivity contribution in [1.29, 1.82) is 0 Å². The molecule has 7 aromatic carbocycles. The van der Waals surface area contributed by atoms with Gasteiger partial charge in [0.15, 0.2) is 0 Å². The summed E-state index contributed by atoms with van der Waals surface area (Å²) in [5.41, 5.74) is 18.2. The molecule has 1 N–H and O–H groups in total. The summed E-state index contributed by atoms with van der Waals surface area (Å²) in [5, 5.41) is 14.8. The van der Waals surface area contributed by atoms with Gasteiger partial charge in [0, 0.05) is 34.1 Å². The van der Waals surface area contributed by atoms with Gasteiger partial charge in [-0.15, -0.1) is 0 Å². The van der Waals surface area contributed by atoms with Crippen molar-refractivity contribution in [3.05, 3.63) is 226 Å². The predicted molar refractivity (Wildman–Crippen MR) is 322 cm³/mol. The van der Waals surface area contributed by atoms with Gasteiger partial charge in [0.2, 0.25) is 0 Å². The molecule has 76 heavy (non-hydrogen) atoms. The van der Waals surface area contributed by atoms with Gasteiger partial charge in [-0.2, -0.15) is 0 Å². The number of para-hydroxylation sites is 1. The molecule has 0 saturated carbocycles. The first kappa shape index (κ1) is 51.8. The molecule has 1 aliphatic rings. The molecule has 0 amide bonds. The fourth-order valence-corrected chi connectivity index (χ4v) is 10.9. The average molecular weight is 997 g/mol. The number of aromatic hydroxyl groups is 1. The van der Waals surface area contributed by atoms with Crippen LogP contribution >= 0.6 is 0 Å². The molecule has 382 valence electrons. The van der Waals surface area contributed by atoms with E-state index in [0.29, 0.717) is 11.4 Å². The Labute approximate surface area is 452 Å². The van der Waals surface area contributed by atoms with Gasteiger partial charge in [-0.25, -0.2) is 4.98 Å². The third-order valence-electron chi connectivity index (χ3n) is 15.3. The molecule has 0 radical (unpaired) electrons. The van der Waals surface area contributed by atoms with Crippen LogP contribution in [0.2, 0.25) is 0 Å². The Morgan fingerprint density at radius 1 is 0.474 bits per heavy atom. The van der Waals surface area contributed by atoms with E-state index in [9.17, 15) is 5.11 Å². The number of nitrogens with zero attached hydrogens (tertiary/aromatic N) is 4. The summed E-state index contributed by atoms with van der Waals surface area (Å²) in [6.45, 7) is 31.2. The second kappa shape index (κ2) is 19.5. The molecule has 0 spiro atoms. The number of aryl methyl sites for hydroxylation is 2. The lowest BCUT2D eigenvalue weighted by molar-refractivity contribution is 0.446. The molecule has 3 heterocycles. The number of phenolic OH excluding ortho intramolecular Hbond substituents is 1. The van der Waals surface area contributed by atoms with Crippen LogP contribution < -0.4 is 21.0 Å². The lowest BCUT2D eigenvalue weighted by Gasteiger charge is -2.36. The molecule has 0 atom stereocenters. The van der Waals surface area contributed by atoms with Gasteiger partial charge in [0.1, 0.15) is 16.9 Å². The number of anilines is 1. The monoisotopic (exact) mass is 997 g/mol. The minimum atomic E-state index is -0.378. The maximum atomic E-state index is 13.1. The van der Waals surface area contributed by atoms with Gasteiger partial charge < -0.3 is 9.92 Å². The van der Waals surface area contributed by atoms with Crippen molar-refractivity contribution in [2.45, 2.75) is 119 Å². The molecule has 9 aromatic rings. The maximum absolute atomic E-state index is 13.1. The normalized spacial score (nSPS) is 13.2. The summed E-state index contributed by atoms with van der Waals surface area (Å²) in [4.78, 5) is 13.7. The average Bonchev–Trinajstić information content (AvgIpc) is 3.89. The Balaban J connectivity index is 1.45. The van der Waals surface area contributed by atoms with Crippen LogP contribution in [0.25, 0.3) is 62.3 Å². The number of phenols is 1. The highest BCUT2D eigenvalue weighted by Crippen LogP contribution is 2.44. The summed E-state index contributed by atoms with van der Waals surface area (Å²) in [6.07, 6.45) is 1.93. The van der Waals surface area contributed by atoms with E-state index >= 15 is 0 Å². The number of hydrogen-bond donors (Lipinski definition) is 1. The van der Waals surface area contributed by atoms with E-state index in [1.807, 2.05) is 6.20 Å². The van der Waals surface area contributed by atoms with E-state index in [-0.39, 0.29) is 34.3 Å². The lowest BCUT2D eigenvalue weighted by atomic mass is 9.50. The van der Waals surface area contributed by atoms with E-state index in [4.69, 9.17) is 9.97 Å². The van der Waals surface area contributed by atoms with Crippen LogP contribution in [0.1, 0.15) is 122 Å². The first-order chi connectivity index (χ1) is 36.0. The number of fused-ring (bicyclic) bond motifs is 1. The third-order valence-corrected chi connectivity index (χ3v) is 15.3. The zero-order valence-corrected chi connectivity index (χ0v) is 47.1. The van der Waals surface area contributed by atoms with Crippen LogP contribution in [0, 0.1) is 13.8 Å². The van der Waals surface area contributed by atoms with Crippen molar-refractivity contribution >= 4 is 29.7 Å². The minimum absolute atomic E-state index is 0.123. The molecule has 6 heteroatoms. The Morgan fingerprint density at radius 3 is 1.64 bits per heavy atom. The molecule has 1 aliphatic heterocycles. The van der Waals surface area contributed by atoms with E-state index in [1.165, 1.54) is 27.7 Å². The smallest absolute Gasteiger partial charge is 0.323 e. The fourth-order valence-electron chi connectivity index (χ4n) is 10.9. The zero-order chi connectivity index (χ0) is 54.1. The first-order valence-electron chi connectivity index (χ1n) is 27.0. The van der Waals surface area contributed by atoms with Crippen LogP contribution in [0.4, 0.5) is 5.69 Å². The number of hydrogen-bond acceptors (Lipinski definition) is 4. The summed E-state index contributed by atoms with van der Waals surface area (Å²) in [6, 6.07) is 61.5. The standard InChI is InChI=1S/C70H73BN4O/c1-45-25-24-26-46(2)62(45)71-44-61-63(64(75(71)55-31-22-17-23-32-55)51-37-50(38-53(39-51)68(6,7)8)59-40-49(35-36-72-59)47-27-18-15-19-28-47)73-66(57-42-54(69(9,10)11)43-58(65(57)76)70(12,13)14)74(61)60-34-33-52(67(3,4)5)41-56(60)48-29-20-16-21-30-48/h15-44,76H,1-14H3. The highest BCUT2D eigenvalue weighted by molar-refractivity contribution is 6.90. The molecule has 0 bridgehead atoms. The summed E-state index contributed by atoms with van der Waals surface area (Å²) < 4.78 is 2.38. The molecule has 10 rings (SSSR count). The lowest BCUT2D eigenvalue weighted by Crippen LogP contribution is -2.56. The number of aromatic nitrogens is 3. The first-order valence-corrected chi connectivity index (χ1v) is 27.0. The van der Waals surface area contributed by atoms with E-state index < -0.39 is 0 Å². The Bertz CT molecular complexity index is 3750. The second-order valence-electron chi connectivity index (χ2n) is 25.1. The highest BCUT2D eigenvalue weighted by atomic mass is 16.3. The number of benzene rings is 7. The van der Waals surface area contributed by atoms with Gasteiger partial charge in [0.25, 0.3) is 0 Å². The van der Waals surface area contributed by atoms with Crippen LogP contribution in [0.15, 0.2) is 176 Å².